The molecule has 2 heteroatoms. The third kappa shape index (κ3) is 17.9. The molecule has 0 saturated heterocycles. The highest BCUT2D eigenvalue weighted by atomic mass is 35.5. The number of hydrogen-bond acceptors (Lipinski definition) is 1. The molecular formula is C19H37ClO. The minimum Gasteiger partial charge on any atom is -0.300 e. The number of unbranched alkanes of at least 4 members (excludes halogenated alkanes) is 13. The summed E-state index contributed by atoms with van der Waals surface area (Å²) in [4.78, 5) is 11.3. The minimum absolute atomic E-state index is 0.337. The highest BCUT2D eigenvalue weighted by molar-refractivity contribution is 6.19. The maximum atomic E-state index is 11.3. The second-order valence-corrected chi connectivity index (χ2v) is 6.70. The van der Waals surface area contributed by atoms with Gasteiger partial charge in [0, 0.05) is 18.7 Å². The van der Waals surface area contributed by atoms with E-state index >= 15 is 0 Å². The van der Waals surface area contributed by atoms with E-state index in [1.54, 1.807) is 0 Å². The Hall–Kier alpha value is -0.0400. The summed E-state index contributed by atoms with van der Waals surface area (Å²) in [5.41, 5.74) is 0. The Kier molecular flexibility index (Phi) is 18.0. The van der Waals surface area contributed by atoms with Crippen LogP contribution in [0.5, 0.6) is 0 Å². The van der Waals surface area contributed by atoms with Crippen LogP contribution in [0.2, 0.25) is 0 Å². The SMILES string of the molecule is CCCCCCCCCCCCCCCCC(=O)CCCl. The summed E-state index contributed by atoms with van der Waals surface area (Å²) in [5, 5.41) is 0. The molecule has 0 unspecified atom stereocenters. The topological polar surface area (TPSA) is 17.1 Å². The molecule has 0 atom stereocenters. The molecule has 0 fully saturated rings. The molecule has 0 amide bonds. The second kappa shape index (κ2) is 18.0. The van der Waals surface area contributed by atoms with Gasteiger partial charge in [-0.2, -0.15) is 0 Å². The first-order valence-corrected chi connectivity index (χ1v) is 9.92. The summed E-state index contributed by atoms with van der Waals surface area (Å²) in [6.45, 7) is 2.28. The molecule has 0 spiro atoms. The quantitative estimate of drug-likeness (QED) is 0.207. The number of halogens is 1. The number of hydrogen-bond donors (Lipinski definition) is 0. The van der Waals surface area contributed by atoms with Gasteiger partial charge in [0.25, 0.3) is 0 Å². The lowest BCUT2D eigenvalue weighted by Gasteiger charge is -2.03. The Balaban J connectivity index is 3.01. The predicted molar refractivity (Wildman–Crippen MR) is 95.3 cm³/mol. The fraction of sp³-hybridized carbons (Fsp3) is 0.947. The number of rotatable bonds is 17. The molecule has 0 N–H and O–H groups in total. The number of alkyl halides is 1. The van der Waals surface area contributed by atoms with Crippen molar-refractivity contribution in [3.63, 3.8) is 0 Å². The second-order valence-electron chi connectivity index (χ2n) is 6.32. The zero-order valence-corrected chi connectivity index (χ0v) is 15.1. The monoisotopic (exact) mass is 316 g/mol. The molecule has 126 valence electrons. The van der Waals surface area contributed by atoms with Gasteiger partial charge in [-0.05, 0) is 6.42 Å². The zero-order valence-electron chi connectivity index (χ0n) is 14.3. The number of ketones is 1. The van der Waals surface area contributed by atoms with Crippen molar-refractivity contribution in [2.45, 2.75) is 110 Å². The van der Waals surface area contributed by atoms with Gasteiger partial charge in [0.05, 0.1) is 0 Å². The van der Waals surface area contributed by atoms with Gasteiger partial charge < -0.3 is 0 Å². The highest BCUT2D eigenvalue weighted by Crippen LogP contribution is 2.13. The largest absolute Gasteiger partial charge is 0.300 e. The zero-order chi connectivity index (χ0) is 15.6. The van der Waals surface area contributed by atoms with Crippen LogP contribution in [-0.2, 0) is 4.79 Å². The smallest absolute Gasteiger partial charge is 0.134 e. The molecule has 0 saturated carbocycles. The van der Waals surface area contributed by atoms with Crippen LogP contribution in [0.15, 0.2) is 0 Å². The average molecular weight is 317 g/mol. The lowest BCUT2D eigenvalue weighted by atomic mass is 10.0. The maximum Gasteiger partial charge on any atom is 0.134 e. The van der Waals surface area contributed by atoms with Crippen LogP contribution in [0.4, 0.5) is 0 Å². The standard InChI is InChI=1S/C19H37ClO/c1-2-3-4-5-6-7-8-9-10-11-12-13-14-15-16-19(21)17-18-20/h2-18H2,1H3. The summed E-state index contributed by atoms with van der Waals surface area (Å²) in [6, 6.07) is 0. The first kappa shape index (κ1) is 21.0. The predicted octanol–water partition coefficient (Wildman–Crippen LogP) is 7.06. The molecule has 0 aliphatic rings. The van der Waals surface area contributed by atoms with Crippen molar-refractivity contribution in [2.75, 3.05) is 5.88 Å². The molecule has 0 radical (unpaired) electrons. The summed E-state index contributed by atoms with van der Waals surface area (Å²) in [5.74, 6) is 0.821. The fourth-order valence-electron chi connectivity index (χ4n) is 2.75. The number of carbonyl (C=O) groups excluding carboxylic acids is 1. The van der Waals surface area contributed by atoms with E-state index in [4.69, 9.17) is 11.6 Å². The third-order valence-electron chi connectivity index (χ3n) is 4.18. The van der Waals surface area contributed by atoms with Crippen LogP contribution in [0.3, 0.4) is 0 Å². The summed E-state index contributed by atoms with van der Waals surface area (Å²) in [7, 11) is 0. The third-order valence-corrected chi connectivity index (χ3v) is 4.37. The lowest BCUT2D eigenvalue weighted by molar-refractivity contribution is -0.118. The van der Waals surface area contributed by atoms with Crippen molar-refractivity contribution in [3.05, 3.63) is 0 Å². The molecule has 0 aliphatic carbocycles. The summed E-state index contributed by atoms with van der Waals surface area (Å²) in [6.07, 6.45) is 20.4. The van der Waals surface area contributed by atoms with Crippen molar-refractivity contribution in [1.82, 2.24) is 0 Å². The van der Waals surface area contributed by atoms with Crippen LogP contribution in [0, 0.1) is 0 Å². The van der Waals surface area contributed by atoms with Crippen molar-refractivity contribution in [3.8, 4) is 0 Å². The van der Waals surface area contributed by atoms with Gasteiger partial charge in [-0.25, -0.2) is 0 Å². The van der Waals surface area contributed by atoms with Crippen LogP contribution in [0.25, 0.3) is 0 Å². The van der Waals surface area contributed by atoms with Gasteiger partial charge in [0.2, 0.25) is 0 Å². The molecule has 1 nitrogen and oxygen atoms in total. The molecule has 0 aliphatic heterocycles. The van der Waals surface area contributed by atoms with Gasteiger partial charge in [0.15, 0.2) is 0 Å². The molecule has 0 aromatic carbocycles. The van der Waals surface area contributed by atoms with E-state index in [1.807, 2.05) is 0 Å². The molecule has 0 rings (SSSR count). The Labute approximate surface area is 138 Å². The highest BCUT2D eigenvalue weighted by Gasteiger charge is 2.00. The summed E-state index contributed by atoms with van der Waals surface area (Å²) >= 11 is 5.54. The lowest BCUT2D eigenvalue weighted by Crippen LogP contribution is -1.97. The maximum absolute atomic E-state index is 11.3. The van der Waals surface area contributed by atoms with Gasteiger partial charge in [-0.3, -0.25) is 4.79 Å². The summed E-state index contributed by atoms with van der Waals surface area (Å²) < 4.78 is 0. The fourth-order valence-corrected chi connectivity index (χ4v) is 2.96. The van der Waals surface area contributed by atoms with E-state index < -0.39 is 0 Å². The Bertz CT molecular complexity index is 216. The van der Waals surface area contributed by atoms with Crippen LogP contribution in [0.1, 0.15) is 110 Å². The molecule has 0 bridgehead atoms. The Morgan fingerprint density at radius 3 is 1.38 bits per heavy atom. The van der Waals surface area contributed by atoms with Crippen molar-refractivity contribution < 1.29 is 4.79 Å². The molecule has 0 aromatic heterocycles. The van der Waals surface area contributed by atoms with E-state index in [1.165, 1.54) is 83.5 Å². The Morgan fingerprint density at radius 1 is 0.619 bits per heavy atom. The van der Waals surface area contributed by atoms with E-state index in [9.17, 15) is 4.79 Å². The molecule has 21 heavy (non-hydrogen) atoms. The number of Topliss-reactive ketones (excluding diaryl/α,β-unsaturated/α-hetero) is 1. The van der Waals surface area contributed by atoms with Crippen molar-refractivity contribution in [2.24, 2.45) is 0 Å². The van der Waals surface area contributed by atoms with Crippen LogP contribution < -0.4 is 0 Å². The van der Waals surface area contributed by atoms with Crippen LogP contribution >= 0.6 is 11.6 Å². The first-order valence-electron chi connectivity index (χ1n) is 9.39. The first-order chi connectivity index (χ1) is 10.3. The Morgan fingerprint density at radius 2 is 1.00 bits per heavy atom. The normalized spacial score (nSPS) is 11.0. The molecule has 0 aromatic rings. The van der Waals surface area contributed by atoms with E-state index in [2.05, 4.69) is 6.92 Å². The van der Waals surface area contributed by atoms with E-state index in [0.717, 1.165) is 12.8 Å². The minimum atomic E-state index is 0.337. The van der Waals surface area contributed by atoms with Gasteiger partial charge in [0.1, 0.15) is 5.78 Å². The van der Waals surface area contributed by atoms with E-state index in [-0.39, 0.29) is 0 Å². The van der Waals surface area contributed by atoms with Crippen molar-refractivity contribution in [1.29, 1.82) is 0 Å². The van der Waals surface area contributed by atoms with Crippen molar-refractivity contribution >= 4 is 17.4 Å². The van der Waals surface area contributed by atoms with E-state index in [0.29, 0.717) is 18.1 Å². The van der Waals surface area contributed by atoms with Gasteiger partial charge in [-0.15, -0.1) is 11.6 Å². The van der Waals surface area contributed by atoms with Gasteiger partial charge in [-0.1, -0.05) is 90.4 Å². The average Bonchev–Trinajstić information content (AvgIpc) is 2.48. The molecule has 0 heterocycles. The number of carbonyl (C=O) groups is 1. The van der Waals surface area contributed by atoms with Gasteiger partial charge >= 0.3 is 0 Å². The van der Waals surface area contributed by atoms with Crippen LogP contribution in [-0.4, -0.2) is 11.7 Å². The molecular weight excluding hydrogens is 280 g/mol.